The molecule has 0 bridgehead atoms. The minimum Gasteiger partial charge on any atom is -0.486 e. The van der Waals surface area contributed by atoms with Crippen molar-refractivity contribution in [3.05, 3.63) is 54.1 Å². The first-order valence-corrected chi connectivity index (χ1v) is 10.1. The molecule has 0 spiro atoms. The Labute approximate surface area is 153 Å². The SMILES string of the molecule is C[C@H](NC(=O)CCS(=O)(=O)c1ccc2c(c1)OCCO2)c1ccccc1. The van der Waals surface area contributed by atoms with E-state index in [-0.39, 0.29) is 29.0 Å². The van der Waals surface area contributed by atoms with Crippen LogP contribution in [0.25, 0.3) is 0 Å². The lowest BCUT2D eigenvalue weighted by Gasteiger charge is -2.19. The van der Waals surface area contributed by atoms with Crippen molar-refractivity contribution in [1.29, 1.82) is 0 Å². The fourth-order valence-electron chi connectivity index (χ4n) is 2.70. The number of carbonyl (C=O) groups excluding carboxylic acids is 1. The van der Waals surface area contributed by atoms with Gasteiger partial charge in [-0.3, -0.25) is 4.79 Å². The van der Waals surface area contributed by atoms with Crippen LogP contribution < -0.4 is 14.8 Å². The van der Waals surface area contributed by atoms with E-state index >= 15 is 0 Å². The van der Waals surface area contributed by atoms with Crippen molar-refractivity contribution in [1.82, 2.24) is 5.32 Å². The van der Waals surface area contributed by atoms with E-state index in [1.54, 1.807) is 6.07 Å². The fraction of sp³-hybridized carbons (Fsp3) is 0.316. The smallest absolute Gasteiger partial charge is 0.221 e. The van der Waals surface area contributed by atoms with Crippen molar-refractivity contribution in [2.75, 3.05) is 19.0 Å². The third-order valence-corrected chi connectivity index (χ3v) is 5.86. The van der Waals surface area contributed by atoms with Crippen molar-refractivity contribution >= 4 is 15.7 Å². The van der Waals surface area contributed by atoms with E-state index in [2.05, 4.69) is 5.32 Å². The Balaban J connectivity index is 1.60. The number of hydrogen-bond donors (Lipinski definition) is 1. The zero-order valence-corrected chi connectivity index (χ0v) is 15.3. The van der Waals surface area contributed by atoms with Gasteiger partial charge in [0, 0.05) is 12.5 Å². The van der Waals surface area contributed by atoms with E-state index in [1.807, 2.05) is 37.3 Å². The Bertz CT molecular complexity index is 880. The fourth-order valence-corrected chi connectivity index (χ4v) is 3.95. The van der Waals surface area contributed by atoms with Crippen LogP contribution in [-0.4, -0.2) is 33.3 Å². The number of benzene rings is 2. The first kappa shape index (κ1) is 18.3. The molecule has 0 saturated heterocycles. The number of fused-ring (bicyclic) bond motifs is 1. The van der Waals surface area contributed by atoms with Crippen molar-refractivity contribution in [2.45, 2.75) is 24.3 Å². The van der Waals surface area contributed by atoms with Crippen LogP contribution in [0.1, 0.15) is 24.9 Å². The molecule has 1 heterocycles. The minimum absolute atomic E-state index is 0.103. The summed E-state index contributed by atoms with van der Waals surface area (Å²) in [4.78, 5) is 12.2. The standard InChI is InChI=1S/C19H21NO5S/c1-14(15-5-3-2-4-6-15)20-19(21)9-12-26(22,23)16-7-8-17-18(13-16)25-11-10-24-17/h2-8,13-14H,9-12H2,1H3,(H,20,21)/t14-/m0/s1. The Hall–Kier alpha value is -2.54. The van der Waals surface area contributed by atoms with Gasteiger partial charge in [0.25, 0.3) is 0 Å². The third-order valence-electron chi connectivity index (χ3n) is 4.15. The van der Waals surface area contributed by atoms with Crippen LogP contribution in [0.3, 0.4) is 0 Å². The molecule has 0 aromatic heterocycles. The predicted molar refractivity (Wildman–Crippen MR) is 97.1 cm³/mol. The van der Waals surface area contributed by atoms with Gasteiger partial charge in [-0.2, -0.15) is 0 Å². The number of ether oxygens (including phenoxy) is 2. The lowest BCUT2D eigenvalue weighted by atomic mass is 10.1. The van der Waals surface area contributed by atoms with E-state index in [9.17, 15) is 13.2 Å². The Morgan fingerprint density at radius 1 is 1.08 bits per heavy atom. The lowest BCUT2D eigenvalue weighted by Crippen LogP contribution is -2.28. The van der Waals surface area contributed by atoms with Gasteiger partial charge in [-0.15, -0.1) is 0 Å². The molecular formula is C19H21NO5S. The van der Waals surface area contributed by atoms with Crippen LogP contribution in [0.2, 0.25) is 0 Å². The number of nitrogens with one attached hydrogen (secondary N) is 1. The molecule has 0 unspecified atom stereocenters. The van der Waals surface area contributed by atoms with Gasteiger partial charge in [-0.25, -0.2) is 8.42 Å². The highest BCUT2D eigenvalue weighted by Crippen LogP contribution is 2.32. The molecule has 1 amide bonds. The molecule has 2 aromatic carbocycles. The van der Waals surface area contributed by atoms with Crippen LogP contribution in [0.5, 0.6) is 11.5 Å². The van der Waals surface area contributed by atoms with Crippen LogP contribution in [-0.2, 0) is 14.6 Å². The molecule has 2 aromatic rings. The lowest BCUT2D eigenvalue weighted by molar-refractivity contribution is -0.121. The summed E-state index contributed by atoms with van der Waals surface area (Å²) in [5, 5.41) is 2.82. The van der Waals surface area contributed by atoms with Crippen LogP contribution >= 0.6 is 0 Å². The summed E-state index contributed by atoms with van der Waals surface area (Å²) in [5.74, 6) is 0.381. The Morgan fingerprint density at radius 3 is 2.50 bits per heavy atom. The summed E-state index contributed by atoms with van der Waals surface area (Å²) in [6, 6.07) is 13.8. The molecule has 138 valence electrons. The van der Waals surface area contributed by atoms with Crippen molar-refractivity contribution in [2.24, 2.45) is 0 Å². The van der Waals surface area contributed by atoms with Crippen LogP contribution in [0.15, 0.2) is 53.4 Å². The highest BCUT2D eigenvalue weighted by atomic mass is 32.2. The average molecular weight is 375 g/mol. The monoisotopic (exact) mass is 375 g/mol. The maximum Gasteiger partial charge on any atom is 0.221 e. The van der Waals surface area contributed by atoms with Gasteiger partial charge in [0.05, 0.1) is 16.7 Å². The summed E-state index contributed by atoms with van der Waals surface area (Å²) in [5.41, 5.74) is 0.968. The number of carbonyl (C=O) groups is 1. The summed E-state index contributed by atoms with van der Waals surface area (Å²) in [7, 11) is -3.59. The van der Waals surface area contributed by atoms with Gasteiger partial charge < -0.3 is 14.8 Å². The third kappa shape index (κ3) is 4.35. The number of hydrogen-bond acceptors (Lipinski definition) is 5. The number of sulfone groups is 1. The molecule has 1 N–H and O–H groups in total. The largest absolute Gasteiger partial charge is 0.486 e. The second kappa shape index (κ2) is 7.78. The zero-order valence-electron chi connectivity index (χ0n) is 14.5. The van der Waals surface area contributed by atoms with Gasteiger partial charge in [0.2, 0.25) is 5.91 Å². The van der Waals surface area contributed by atoms with Gasteiger partial charge in [0.1, 0.15) is 13.2 Å². The van der Waals surface area contributed by atoms with Crippen LogP contribution in [0, 0.1) is 0 Å². The second-order valence-corrected chi connectivity index (χ2v) is 8.18. The average Bonchev–Trinajstić information content (AvgIpc) is 2.67. The van der Waals surface area contributed by atoms with Crippen molar-refractivity contribution in [3.63, 3.8) is 0 Å². The van der Waals surface area contributed by atoms with Gasteiger partial charge in [0.15, 0.2) is 21.3 Å². The molecule has 6 nitrogen and oxygen atoms in total. The topological polar surface area (TPSA) is 81.7 Å². The van der Waals surface area contributed by atoms with Gasteiger partial charge in [-0.1, -0.05) is 30.3 Å². The Morgan fingerprint density at radius 2 is 1.77 bits per heavy atom. The van der Waals surface area contributed by atoms with E-state index in [4.69, 9.17) is 9.47 Å². The molecule has 1 aliphatic heterocycles. The minimum atomic E-state index is -3.59. The first-order chi connectivity index (χ1) is 12.5. The highest BCUT2D eigenvalue weighted by Gasteiger charge is 2.21. The van der Waals surface area contributed by atoms with Crippen LogP contribution in [0.4, 0.5) is 0 Å². The van der Waals surface area contributed by atoms with Gasteiger partial charge >= 0.3 is 0 Å². The summed E-state index contributed by atoms with van der Waals surface area (Å²) < 4.78 is 35.8. The molecule has 7 heteroatoms. The van der Waals surface area contributed by atoms with E-state index in [1.165, 1.54) is 12.1 Å². The van der Waals surface area contributed by atoms with E-state index in [0.29, 0.717) is 24.7 Å². The molecular weight excluding hydrogens is 354 g/mol. The quantitative estimate of drug-likeness (QED) is 0.839. The summed E-state index contributed by atoms with van der Waals surface area (Å²) in [6.45, 7) is 2.69. The first-order valence-electron chi connectivity index (χ1n) is 8.42. The normalized spacial score (nSPS) is 14.5. The molecule has 26 heavy (non-hydrogen) atoms. The summed E-state index contributed by atoms with van der Waals surface area (Å²) >= 11 is 0. The maximum absolute atomic E-state index is 12.5. The van der Waals surface area contributed by atoms with E-state index in [0.717, 1.165) is 5.56 Å². The Kier molecular flexibility index (Phi) is 5.46. The molecule has 1 aliphatic rings. The number of amides is 1. The number of rotatable bonds is 6. The van der Waals surface area contributed by atoms with Crippen molar-refractivity contribution in [3.8, 4) is 11.5 Å². The molecule has 0 aliphatic carbocycles. The molecule has 3 rings (SSSR count). The van der Waals surface area contributed by atoms with E-state index < -0.39 is 9.84 Å². The highest BCUT2D eigenvalue weighted by molar-refractivity contribution is 7.91. The zero-order chi connectivity index (χ0) is 18.6. The summed E-state index contributed by atoms with van der Waals surface area (Å²) in [6.07, 6.45) is -0.103. The molecule has 0 saturated carbocycles. The molecule has 0 fully saturated rings. The van der Waals surface area contributed by atoms with Crippen molar-refractivity contribution < 1.29 is 22.7 Å². The molecule has 0 radical (unpaired) electrons. The maximum atomic E-state index is 12.5. The van der Waals surface area contributed by atoms with Gasteiger partial charge in [-0.05, 0) is 24.6 Å². The molecule has 1 atom stereocenters. The predicted octanol–water partition coefficient (Wildman–Crippen LogP) is 2.50. The second-order valence-electron chi connectivity index (χ2n) is 6.07.